The first-order chi connectivity index (χ1) is 13.8. The molecule has 0 saturated heterocycles. The van der Waals surface area contributed by atoms with Crippen LogP contribution in [0, 0.1) is 33.3 Å². The lowest BCUT2D eigenvalue weighted by Gasteiger charge is -2.55. The van der Waals surface area contributed by atoms with Crippen LogP contribution in [0.4, 0.5) is 5.69 Å². The Hall–Kier alpha value is -2.64. The van der Waals surface area contributed by atoms with E-state index in [0.29, 0.717) is 29.1 Å². The largest absolute Gasteiger partial charge is 0.496 e. The molecule has 0 aliphatic heterocycles. The van der Waals surface area contributed by atoms with Crippen LogP contribution in [0.5, 0.6) is 5.75 Å². The molecule has 4 aliphatic rings. The van der Waals surface area contributed by atoms with Gasteiger partial charge in [-0.05, 0) is 62.3 Å². The number of ether oxygens (including phenoxy) is 1. The van der Waals surface area contributed by atoms with E-state index >= 15 is 0 Å². The lowest BCUT2D eigenvalue weighted by molar-refractivity contribution is -0.384. The molecule has 0 heterocycles. The fourth-order valence-corrected chi connectivity index (χ4v) is 6.16. The maximum Gasteiger partial charge on any atom is 0.326 e. The van der Waals surface area contributed by atoms with Crippen molar-refractivity contribution >= 4 is 17.6 Å². The number of nitro benzene ring substituents is 1. The molecule has 156 valence electrons. The van der Waals surface area contributed by atoms with E-state index in [1.165, 1.54) is 44.6 Å². The summed E-state index contributed by atoms with van der Waals surface area (Å²) in [7, 11) is 1.43. The van der Waals surface area contributed by atoms with Crippen LogP contribution in [-0.4, -0.2) is 35.1 Å². The minimum absolute atomic E-state index is 0.0711. The molecule has 4 aliphatic carbocycles. The third-order valence-electron chi connectivity index (χ3n) is 7.02. The topological polar surface area (TPSA) is 119 Å². The van der Waals surface area contributed by atoms with Crippen molar-refractivity contribution in [3.8, 4) is 5.75 Å². The van der Waals surface area contributed by atoms with E-state index in [-0.39, 0.29) is 18.0 Å². The van der Waals surface area contributed by atoms with Gasteiger partial charge in [-0.25, -0.2) is 4.79 Å². The zero-order valence-corrected chi connectivity index (χ0v) is 16.4. The van der Waals surface area contributed by atoms with Gasteiger partial charge >= 0.3 is 5.97 Å². The number of methoxy groups -OCH3 is 1. The van der Waals surface area contributed by atoms with Crippen LogP contribution in [0.2, 0.25) is 0 Å². The third kappa shape index (κ3) is 3.68. The average Bonchev–Trinajstić information content (AvgIpc) is 2.66. The highest BCUT2D eigenvalue weighted by Crippen LogP contribution is 2.60. The summed E-state index contributed by atoms with van der Waals surface area (Å²) in [5.74, 6) is 0.766. The van der Waals surface area contributed by atoms with E-state index < -0.39 is 22.3 Å². The van der Waals surface area contributed by atoms with Gasteiger partial charge in [0, 0.05) is 29.5 Å². The summed E-state index contributed by atoms with van der Waals surface area (Å²) >= 11 is 0. The second kappa shape index (κ2) is 7.31. The van der Waals surface area contributed by atoms with E-state index in [1.807, 2.05) is 0 Å². The van der Waals surface area contributed by atoms with Gasteiger partial charge in [-0.1, -0.05) is 0 Å². The highest BCUT2D eigenvalue weighted by molar-refractivity contribution is 5.88. The Labute approximate surface area is 168 Å². The van der Waals surface area contributed by atoms with Crippen molar-refractivity contribution < 1.29 is 24.4 Å². The first kappa shape index (κ1) is 19.7. The number of carboxylic acid groups (broad SMARTS) is 1. The third-order valence-corrected chi connectivity index (χ3v) is 7.02. The monoisotopic (exact) mass is 402 g/mol. The highest BCUT2D eigenvalue weighted by Gasteiger charge is 2.55. The molecule has 1 aromatic rings. The predicted octanol–water partition coefficient (Wildman–Crippen LogP) is 2.93. The van der Waals surface area contributed by atoms with E-state index in [2.05, 4.69) is 5.32 Å². The Kier molecular flexibility index (Phi) is 4.96. The number of non-ortho nitro benzene ring substituents is 1. The smallest absolute Gasteiger partial charge is 0.326 e. The molecule has 4 bridgehead atoms. The van der Waals surface area contributed by atoms with Crippen LogP contribution < -0.4 is 10.1 Å². The molecule has 0 radical (unpaired) electrons. The van der Waals surface area contributed by atoms with Crippen molar-refractivity contribution in [3.05, 3.63) is 33.9 Å². The highest BCUT2D eigenvalue weighted by atomic mass is 16.6. The number of carbonyl (C=O) groups is 2. The predicted molar refractivity (Wildman–Crippen MR) is 104 cm³/mol. The number of nitrogens with zero attached hydrogens (tertiary/aromatic N) is 1. The molecule has 1 amide bonds. The normalized spacial score (nSPS) is 30.6. The van der Waals surface area contributed by atoms with Gasteiger partial charge < -0.3 is 15.2 Å². The number of hydrogen-bond donors (Lipinski definition) is 2. The molecule has 5 rings (SSSR count). The first-order valence-corrected chi connectivity index (χ1v) is 10.1. The molecule has 0 unspecified atom stereocenters. The summed E-state index contributed by atoms with van der Waals surface area (Å²) in [5.41, 5.74) is -0.202. The summed E-state index contributed by atoms with van der Waals surface area (Å²) in [6.07, 6.45) is 6.05. The molecule has 1 aromatic carbocycles. The number of hydrogen-bond acceptors (Lipinski definition) is 5. The Bertz CT molecular complexity index is 816. The van der Waals surface area contributed by atoms with Crippen molar-refractivity contribution in [2.45, 2.75) is 51.0 Å². The zero-order chi connectivity index (χ0) is 20.8. The summed E-state index contributed by atoms with van der Waals surface area (Å²) in [6.45, 7) is 0. The van der Waals surface area contributed by atoms with Crippen molar-refractivity contribution in [1.82, 2.24) is 5.32 Å². The molecule has 4 fully saturated rings. The fourth-order valence-electron chi connectivity index (χ4n) is 6.16. The zero-order valence-electron chi connectivity index (χ0n) is 16.4. The van der Waals surface area contributed by atoms with Gasteiger partial charge in [0.05, 0.1) is 12.0 Å². The van der Waals surface area contributed by atoms with Gasteiger partial charge in [0.1, 0.15) is 11.8 Å². The second-order valence-corrected chi connectivity index (χ2v) is 9.02. The van der Waals surface area contributed by atoms with Crippen LogP contribution >= 0.6 is 0 Å². The molecule has 8 nitrogen and oxygen atoms in total. The van der Waals surface area contributed by atoms with Crippen LogP contribution in [0.1, 0.15) is 44.1 Å². The summed E-state index contributed by atoms with van der Waals surface area (Å²) in [4.78, 5) is 35.7. The number of aliphatic carboxylic acids is 1. The van der Waals surface area contributed by atoms with Crippen LogP contribution in [0.3, 0.4) is 0 Å². The molecule has 0 spiro atoms. The summed E-state index contributed by atoms with van der Waals surface area (Å²) < 4.78 is 5.24. The first-order valence-electron chi connectivity index (χ1n) is 10.1. The van der Waals surface area contributed by atoms with Crippen molar-refractivity contribution in [3.63, 3.8) is 0 Å². The number of benzene rings is 1. The molecule has 29 heavy (non-hydrogen) atoms. The maximum atomic E-state index is 13.2. The Morgan fingerprint density at radius 2 is 1.83 bits per heavy atom. The summed E-state index contributed by atoms with van der Waals surface area (Å²) in [6, 6.07) is 2.91. The number of amides is 1. The van der Waals surface area contributed by atoms with Crippen LogP contribution in [0.15, 0.2) is 18.2 Å². The number of carbonyl (C=O) groups excluding carboxylic acids is 1. The molecular formula is C21H26N2O6. The van der Waals surface area contributed by atoms with Gasteiger partial charge in [0.2, 0.25) is 5.91 Å². The van der Waals surface area contributed by atoms with Gasteiger partial charge in [-0.15, -0.1) is 0 Å². The maximum absolute atomic E-state index is 13.2. The Morgan fingerprint density at radius 1 is 1.24 bits per heavy atom. The average molecular weight is 402 g/mol. The van der Waals surface area contributed by atoms with Crippen LogP contribution in [-0.2, 0) is 16.0 Å². The van der Waals surface area contributed by atoms with E-state index in [1.54, 1.807) is 0 Å². The van der Waals surface area contributed by atoms with Crippen molar-refractivity contribution in [2.75, 3.05) is 7.11 Å². The van der Waals surface area contributed by atoms with E-state index in [0.717, 1.165) is 19.3 Å². The lowest BCUT2D eigenvalue weighted by Crippen LogP contribution is -2.56. The SMILES string of the molecule is COc1ccc([N+](=O)[O-])cc1C[C@@H](NC(=O)C12CC3CC(CC(C3)C1)C2)C(=O)O. The minimum Gasteiger partial charge on any atom is -0.496 e. The standard InChI is InChI=1S/C21H26N2O6/c1-29-18-3-2-16(23(27)28)7-15(18)8-17(19(24)25)22-20(26)21-9-12-4-13(10-21)6-14(5-12)11-21/h2-3,7,12-14,17H,4-6,8-11H2,1H3,(H,22,26)(H,24,25)/t12?,13?,14?,17-,21?/m1/s1. The summed E-state index contributed by atoms with van der Waals surface area (Å²) in [5, 5.41) is 23.6. The number of rotatable bonds is 7. The molecule has 8 heteroatoms. The van der Waals surface area contributed by atoms with Crippen molar-refractivity contribution in [2.24, 2.45) is 23.2 Å². The molecule has 2 N–H and O–H groups in total. The molecule has 1 atom stereocenters. The molecule has 4 saturated carbocycles. The van der Waals surface area contributed by atoms with E-state index in [9.17, 15) is 24.8 Å². The Morgan fingerprint density at radius 3 is 2.31 bits per heavy atom. The van der Waals surface area contributed by atoms with Crippen molar-refractivity contribution in [1.29, 1.82) is 0 Å². The second-order valence-electron chi connectivity index (χ2n) is 9.02. The Balaban J connectivity index is 1.53. The fraction of sp³-hybridized carbons (Fsp3) is 0.619. The number of nitrogens with one attached hydrogen (secondary N) is 1. The lowest BCUT2D eigenvalue weighted by atomic mass is 9.49. The van der Waals surface area contributed by atoms with Crippen LogP contribution in [0.25, 0.3) is 0 Å². The number of nitro groups is 1. The molecule has 0 aromatic heterocycles. The van der Waals surface area contributed by atoms with Gasteiger partial charge in [-0.3, -0.25) is 14.9 Å². The molecular weight excluding hydrogens is 376 g/mol. The van der Waals surface area contributed by atoms with E-state index in [4.69, 9.17) is 4.74 Å². The number of carboxylic acids is 1. The van der Waals surface area contributed by atoms with Gasteiger partial charge in [0.15, 0.2) is 0 Å². The van der Waals surface area contributed by atoms with Gasteiger partial charge in [0.25, 0.3) is 5.69 Å². The quantitative estimate of drug-likeness (QED) is 0.535. The van der Waals surface area contributed by atoms with Gasteiger partial charge in [-0.2, -0.15) is 0 Å². The minimum atomic E-state index is -1.16.